The van der Waals surface area contributed by atoms with Crippen LogP contribution >= 0.6 is 0 Å². The first kappa shape index (κ1) is 14.9. The zero-order valence-corrected chi connectivity index (χ0v) is 10.6. The minimum Gasteiger partial charge on any atom is -0.465 e. The molecule has 0 radical (unpaired) electrons. The van der Waals surface area contributed by atoms with Crippen molar-refractivity contribution in [2.24, 2.45) is 0 Å². The van der Waals surface area contributed by atoms with Gasteiger partial charge in [0.15, 0.2) is 0 Å². The highest BCUT2D eigenvalue weighted by Crippen LogP contribution is 1.94. The zero-order chi connectivity index (χ0) is 12.6. The Kier molecular flexibility index (Phi) is 6.72. The summed E-state index contributed by atoms with van der Waals surface area (Å²) in [6.07, 6.45) is 0.458. The van der Waals surface area contributed by atoms with Crippen molar-refractivity contribution in [1.29, 1.82) is 0 Å². The summed E-state index contributed by atoms with van der Waals surface area (Å²) in [7, 11) is 6.01. The Hall–Kier alpha value is -1.10. The van der Waals surface area contributed by atoms with Gasteiger partial charge in [0.05, 0.1) is 27.7 Å². The molecule has 0 aliphatic carbocycles. The molecule has 0 fully saturated rings. The van der Waals surface area contributed by atoms with Gasteiger partial charge in [-0.05, 0) is 6.42 Å². The van der Waals surface area contributed by atoms with E-state index in [1.165, 1.54) is 0 Å². The predicted molar refractivity (Wildman–Crippen MR) is 59.7 cm³/mol. The molecule has 0 saturated carbocycles. The van der Waals surface area contributed by atoms with E-state index >= 15 is 0 Å². The molecule has 0 aliphatic rings. The molecule has 0 N–H and O–H groups in total. The number of quaternary nitrogens is 1. The molecule has 0 amide bonds. The van der Waals surface area contributed by atoms with Gasteiger partial charge in [-0.25, -0.2) is 0 Å². The number of hydrogen-bond donors (Lipinski definition) is 0. The van der Waals surface area contributed by atoms with Gasteiger partial charge in [-0.1, -0.05) is 6.92 Å². The van der Waals surface area contributed by atoms with Crippen molar-refractivity contribution in [2.45, 2.75) is 19.8 Å². The highest BCUT2D eigenvalue weighted by molar-refractivity contribution is 5.91. The maximum atomic E-state index is 11.2. The largest absolute Gasteiger partial charge is 0.465 e. The second-order valence-electron chi connectivity index (χ2n) is 4.63. The summed E-state index contributed by atoms with van der Waals surface area (Å²) in [6, 6.07) is 0. The minimum absolute atomic E-state index is 0.295. The van der Waals surface area contributed by atoms with E-state index in [1.54, 1.807) is 0 Å². The summed E-state index contributed by atoms with van der Waals surface area (Å²) >= 11 is 0. The molecule has 0 unspecified atom stereocenters. The molecule has 0 saturated heterocycles. The third kappa shape index (κ3) is 9.45. The van der Waals surface area contributed by atoms with Gasteiger partial charge >= 0.3 is 11.9 Å². The number of ether oxygens (including phenoxy) is 2. The highest BCUT2D eigenvalue weighted by atomic mass is 16.6. The average Bonchev–Trinajstić information content (AvgIpc) is 2.12. The lowest BCUT2D eigenvalue weighted by molar-refractivity contribution is -0.870. The quantitative estimate of drug-likeness (QED) is 0.366. The first-order chi connectivity index (χ1) is 7.35. The second-order valence-corrected chi connectivity index (χ2v) is 4.63. The van der Waals surface area contributed by atoms with Crippen LogP contribution in [0.3, 0.4) is 0 Å². The Morgan fingerprint density at radius 2 is 1.50 bits per heavy atom. The third-order valence-electron chi connectivity index (χ3n) is 1.78. The Labute approximate surface area is 96.9 Å². The van der Waals surface area contributed by atoms with E-state index in [0.717, 1.165) is 13.0 Å². The van der Waals surface area contributed by atoms with Crippen LogP contribution in [0.4, 0.5) is 0 Å². The van der Waals surface area contributed by atoms with Crippen molar-refractivity contribution >= 4 is 11.9 Å². The Bertz CT molecular complexity index is 233. The molecule has 5 heteroatoms. The molecule has 0 spiro atoms. The monoisotopic (exact) mass is 232 g/mol. The van der Waals surface area contributed by atoms with Crippen LogP contribution in [0.25, 0.3) is 0 Å². The number of nitrogens with zero attached hydrogens (tertiary/aromatic N) is 1. The predicted octanol–water partition coefficient (Wildman–Crippen LogP) is 0.579. The summed E-state index contributed by atoms with van der Waals surface area (Å²) in [4.78, 5) is 22.2. The molecule has 0 aromatic rings. The molecule has 0 atom stereocenters. The van der Waals surface area contributed by atoms with Crippen LogP contribution in [-0.4, -0.2) is 57.3 Å². The maximum absolute atomic E-state index is 11.2. The first-order valence-electron chi connectivity index (χ1n) is 5.47. The van der Waals surface area contributed by atoms with Gasteiger partial charge in [0.1, 0.15) is 19.6 Å². The van der Waals surface area contributed by atoms with Crippen LogP contribution in [0.15, 0.2) is 0 Å². The van der Waals surface area contributed by atoms with Crippen molar-refractivity contribution in [3.05, 3.63) is 0 Å². The lowest BCUT2D eigenvalue weighted by Gasteiger charge is -2.23. The number of hydrogen-bond acceptors (Lipinski definition) is 4. The normalized spacial score (nSPS) is 11.0. The van der Waals surface area contributed by atoms with Crippen LogP contribution in [0.2, 0.25) is 0 Å². The molecule has 94 valence electrons. The Balaban J connectivity index is 3.62. The van der Waals surface area contributed by atoms with Crippen LogP contribution in [-0.2, 0) is 19.1 Å². The van der Waals surface area contributed by atoms with E-state index in [2.05, 4.69) is 0 Å². The molecule has 0 bridgehead atoms. The van der Waals surface area contributed by atoms with Gasteiger partial charge < -0.3 is 14.0 Å². The molecular weight excluding hydrogens is 210 g/mol. The van der Waals surface area contributed by atoms with Crippen LogP contribution < -0.4 is 0 Å². The summed E-state index contributed by atoms with van der Waals surface area (Å²) in [5.41, 5.74) is 0. The van der Waals surface area contributed by atoms with Gasteiger partial charge in [-0.3, -0.25) is 9.59 Å². The van der Waals surface area contributed by atoms with Gasteiger partial charge in [-0.2, -0.15) is 0 Å². The van der Waals surface area contributed by atoms with Crippen molar-refractivity contribution in [2.75, 3.05) is 40.9 Å². The molecular formula is C11H22NO4+. The van der Waals surface area contributed by atoms with E-state index < -0.39 is 11.9 Å². The van der Waals surface area contributed by atoms with Crippen molar-refractivity contribution in [3.8, 4) is 0 Å². The number of likely N-dealkylation sites (N-methyl/N-ethyl adjacent to an activating group) is 1. The standard InChI is InChI=1S/C11H22NO4/c1-5-7-15-10(13)9-11(14)16-8-6-12(2,3)4/h5-9H2,1-4H3/q+1. The van der Waals surface area contributed by atoms with Crippen molar-refractivity contribution < 1.29 is 23.5 Å². The smallest absolute Gasteiger partial charge is 0.317 e. The van der Waals surface area contributed by atoms with Crippen LogP contribution in [0, 0.1) is 0 Å². The number of esters is 2. The van der Waals surface area contributed by atoms with Crippen molar-refractivity contribution in [1.82, 2.24) is 0 Å². The molecule has 5 nitrogen and oxygen atoms in total. The van der Waals surface area contributed by atoms with Crippen molar-refractivity contribution in [3.63, 3.8) is 0 Å². The second kappa shape index (κ2) is 7.22. The van der Waals surface area contributed by atoms with Gasteiger partial charge in [0.25, 0.3) is 0 Å². The average molecular weight is 232 g/mol. The first-order valence-corrected chi connectivity index (χ1v) is 5.47. The van der Waals surface area contributed by atoms with E-state index in [0.29, 0.717) is 17.7 Å². The summed E-state index contributed by atoms with van der Waals surface area (Å²) in [5.74, 6) is -1.04. The number of carbonyl (C=O) groups is 2. The summed E-state index contributed by atoms with van der Waals surface area (Å²) in [6.45, 7) is 3.29. The zero-order valence-electron chi connectivity index (χ0n) is 10.6. The fourth-order valence-corrected chi connectivity index (χ4v) is 0.869. The number of rotatable bonds is 7. The minimum atomic E-state index is -0.519. The van der Waals surface area contributed by atoms with Gasteiger partial charge in [-0.15, -0.1) is 0 Å². The lowest BCUT2D eigenvalue weighted by Crippen LogP contribution is -2.38. The summed E-state index contributed by atoms with van der Waals surface area (Å²) < 4.78 is 10.4. The van der Waals surface area contributed by atoms with E-state index in [4.69, 9.17) is 9.47 Å². The lowest BCUT2D eigenvalue weighted by atomic mass is 10.4. The molecule has 16 heavy (non-hydrogen) atoms. The summed E-state index contributed by atoms with van der Waals surface area (Å²) in [5, 5.41) is 0. The van der Waals surface area contributed by atoms with E-state index in [1.807, 2.05) is 28.1 Å². The molecule has 0 aromatic carbocycles. The molecule has 0 aromatic heterocycles. The SMILES string of the molecule is CCCOC(=O)CC(=O)OCC[N+](C)(C)C. The fraction of sp³-hybridized carbons (Fsp3) is 0.818. The number of carbonyl (C=O) groups excluding carboxylic acids is 2. The van der Waals surface area contributed by atoms with Crippen LogP contribution in [0.1, 0.15) is 19.8 Å². The third-order valence-corrected chi connectivity index (χ3v) is 1.78. The fourth-order valence-electron chi connectivity index (χ4n) is 0.869. The van der Waals surface area contributed by atoms with Gasteiger partial charge in [0, 0.05) is 0 Å². The Morgan fingerprint density at radius 3 is 1.94 bits per heavy atom. The molecule has 0 aliphatic heterocycles. The highest BCUT2D eigenvalue weighted by Gasteiger charge is 2.13. The maximum Gasteiger partial charge on any atom is 0.317 e. The van der Waals surface area contributed by atoms with E-state index in [-0.39, 0.29) is 6.42 Å². The molecule has 0 rings (SSSR count). The van der Waals surface area contributed by atoms with Crippen LogP contribution in [0.5, 0.6) is 0 Å². The topological polar surface area (TPSA) is 52.6 Å². The van der Waals surface area contributed by atoms with Gasteiger partial charge in [0.2, 0.25) is 0 Å². The Morgan fingerprint density at radius 1 is 1.00 bits per heavy atom. The molecule has 0 heterocycles. The van der Waals surface area contributed by atoms with E-state index in [9.17, 15) is 9.59 Å².